The largest absolute Gasteiger partial charge is 0.366 e. The Morgan fingerprint density at radius 2 is 1.74 bits per heavy atom. The topological polar surface area (TPSA) is 144 Å². The van der Waals surface area contributed by atoms with E-state index in [4.69, 9.17) is 5.73 Å². The molecule has 3 N–H and O–H groups in total. The lowest BCUT2D eigenvalue weighted by atomic mass is 10.00. The van der Waals surface area contributed by atoms with Crippen LogP contribution < -0.4 is 11.1 Å². The molecule has 12 heteroatoms. The molecule has 3 amide bonds. The molecule has 0 bridgehead atoms. The van der Waals surface area contributed by atoms with Gasteiger partial charge in [0, 0.05) is 35.4 Å². The molecule has 38 heavy (non-hydrogen) atoms. The molecule has 10 nitrogen and oxygen atoms in total. The molecule has 1 atom stereocenters. The van der Waals surface area contributed by atoms with Crippen molar-refractivity contribution in [2.24, 2.45) is 5.73 Å². The van der Waals surface area contributed by atoms with Crippen molar-refractivity contribution in [3.05, 3.63) is 83.5 Å². The second kappa shape index (κ2) is 9.88. The highest BCUT2D eigenvalue weighted by molar-refractivity contribution is 7.89. The van der Waals surface area contributed by atoms with E-state index in [-0.39, 0.29) is 11.5 Å². The van der Waals surface area contributed by atoms with Gasteiger partial charge < -0.3 is 16.0 Å². The Bertz CT molecular complexity index is 1670. The van der Waals surface area contributed by atoms with Gasteiger partial charge in [-0.25, -0.2) is 13.4 Å². The normalized spacial score (nSPS) is 15.1. The third-order valence-corrected chi connectivity index (χ3v) is 8.00. The van der Waals surface area contributed by atoms with Gasteiger partial charge in [0.1, 0.15) is 6.04 Å². The van der Waals surface area contributed by atoms with Crippen molar-refractivity contribution < 1.29 is 22.8 Å². The van der Waals surface area contributed by atoms with Crippen molar-refractivity contribution in [2.75, 3.05) is 18.1 Å². The summed E-state index contributed by atoms with van der Waals surface area (Å²) in [6.45, 7) is 0.397. The van der Waals surface area contributed by atoms with Gasteiger partial charge in [-0.3, -0.25) is 18.4 Å². The van der Waals surface area contributed by atoms with Crippen molar-refractivity contribution >= 4 is 44.2 Å². The molecule has 0 saturated carbocycles. The van der Waals surface area contributed by atoms with Crippen LogP contribution in [-0.4, -0.2) is 58.8 Å². The standard InChI is InChI=1S/C26H23N5O5S2/c1-38(35,36)30-10-8-20(14-30)25(34)31-11-9-22(31)24(33)29-26-28-21(15-37-26)18-6-2-4-16(12-18)17-5-3-7-19(13-17)23(27)32/h2-8,10,12-15,22H,9,11H2,1H3,(H2,27,32)(H,28,29,33)/t22-/m0/s1. The van der Waals surface area contributed by atoms with Gasteiger partial charge >= 0.3 is 0 Å². The maximum absolute atomic E-state index is 12.9. The number of aromatic nitrogens is 2. The molecule has 4 aromatic rings. The molecule has 2 aromatic carbocycles. The predicted molar refractivity (Wildman–Crippen MR) is 144 cm³/mol. The SMILES string of the molecule is CS(=O)(=O)n1ccc(C(=O)N2CC[C@H]2C(=O)Nc2nc(-c3cccc(-c4cccc(C(N)=O)c4)c3)cs2)c1. The molecule has 194 valence electrons. The van der Waals surface area contributed by atoms with Crippen LogP contribution in [0.4, 0.5) is 5.13 Å². The third-order valence-electron chi connectivity index (χ3n) is 6.25. The summed E-state index contributed by atoms with van der Waals surface area (Å²) in [4.78, 5) is 43.2. The van der Waals surface area contributed by atoms with E-state index < -0.39 is 27.9 Å². The predicted octanol–water partition coefficient (Wildman–Crippen LogP) is 3.04. The van der Waals surface area contributed by atoms with Crippen LogP contribution in [0.15, 0.2) is 72.4 Å². The fraction of sp³-hybridized carbons (Fsp3) is 0.154. The van der Waals surface area contributed by atoms with E-state index in [1.54, 1.807) is 18.2 Å². The lowest BCUT2D eigenvalue weighted by Gasteiger charge is -2.39. The molecule has 5 rings (SSSR count). The van der Waals surface area contributed by atoms with Crippen molar-refractivity contribution in [2.45, 2.75) is 12.5 Å². The van der Waals surface area contributed by atoms with Crippen molar-refractivity contribution in [3.8, 4) is 22.4 Å². The first-order valence-corrected chi connectivity index (χ1v) is 14.3. The van der Waals surface area contributed by atoms with E-state index in [0.29, 0.717) is 29.4 Å². The number of likely N-dealkylation sites (tertiary alicyclic amines) is 1. The highest BCUT2D eigenvalue weighted by Crippen LogP contribution is 2.30. The summed E-state index contributed by atoms with van der Waals surface area (Å²) in [5.41, 5.74) is 9.25. The Labute approximate surface area is 222 Å². The van der Waals surface area contributed by atoms with Gasteiger partial charge in [-0.1, -0.05) is 30.3 Å². The van der Waals surface area contributed by atoms with Gasteiger partial charge in [0.05, 0.1) is 17.5 Å². The van der Waals surface area contributed by atoms with Crippen LogP contribution in [0.3, 0.4) is 0 Å². The van der Waals surface area contributed by atoms with Gasteiger partial charge in [0.2, 0.25) is 21.8 Å². The Kier molecular flexibility index (Phi) is 6.59. The minimum Gasteiger partial charge on any atom is -0.366 e. The molecule has 0 radical (unpaired) electrons. The van der Waals surface area contributed by atoms with E-state index in [1.165, 1.54) is 34.7 Å². The summed E-state index contributed by atoms with van der Waals surface area (Å²) < 4.78 is 24.3. The number of nitrogens with zero attached hydrogens (tertiary/aromatic N) is 3. The Morgan fingerprint density at radius 1 is 1.03 bits per heavy atom. The molecule has 1 fully saturated rings. The van der Waals surface area contributed by atoms with Crippen LogP contribution in [0.1, 0.15) is 27.1 Å². The number of anilines is 1. The summed E-state index contributed by atoms with van der Waals surface area (Å²) in [5.74, 6) is -1.26. The minimum absolute atomic E-state index is 0.200. The van der Waals surface area contributed by atoms with Crippen LogP contribution in [0.5, 0.6) is 0 Å². The minimum atomic E-state index is -3.50. The number of nitrogens with two attached hydrogens (primary N) is 1. The highest BCUT2D eigenvalue weighted by Gasteiger charge is 2.38. The van der Waals surface area contributed by atoms with Crippen LogP contribution in [0.25, 0.3) is 22.4 Å². The van der Waals surface area contributed by atoms with Gasteiger partial charge in [-0.2, -0.15) is 0 Å². The third kappa shape index (κ3) is 5.08. The maximum Gasteiger partial charge on any atom is 0.256 e. The number of hydrogen-bond acceptors (Lipinski definition) is 7. The lowest BCUT2D eigenvalue weighted by molar-refractivity contribution is -0.123. The molecule has 1 aliphatic heterocycles. The van der Waals surface area contributed by atoms with Gasteiger partial charge in [0.15, 0.2) is 5.13 Å². The van der Waals surface area contributed by atoms with E-state index in [0.717, 1.165) is 26.9 Å². The zero-order valence-corrected chi connectivity index (χ0v) is 21.8. The summed E-state index contributed by atoms with van der Waals surface area (Å²) in [6, 6.07) is 15.4. The number of carbonyl (C=O) groups is 3. The number of amides is 3. The van der Waals surface area contributed by atoms with E-state index in [1.807, 2.05) is 35.7 Å². The average molecular weight is 550 g/mol. The number of primary amides is 1. The first-order valence-electron chi connectivity index (χ1n) is 11.6. The van der Waals surface area contributed by atoms with E-state index in [9.17, 15) is 22.8 Å². The number of rotatable bonds is 7. The van der Waals surface area contributed by atoms with Crippen molar-refractivity contribution in [3.63, 3.8) is 0 Å². The quantitative estimate of drug-likeness (QED) is 0.363. The molecule has 0 spiro atoms. The molecule has 1 saturated heterocycles. The second-order valence-corrected chi connectivity index (χ2v) is 11.6. The fourth-order valence-electron chi connectivity index (χ4n) is 4.14. The van der Waals surface area contributed by atoms with E-state index >= 15 is 0 Å². The molecular formula is C26H23N5O5S2. The summed E-state index contributed by atoms with van der Waals surface area (Å²) in [7, 11) is -3.50. The molecular weight excluding hydrogens is 526 g/mol. The van der Waals surface area contributed by atoms with Crippen LogP contribution >= 0.6 is 11.3 Å². The zero-order valence-electron chi connectivity index (χ0n) is 20.2. The molecule has 2 aromatic heterocycles. The lowest BCUT2D eigenvalue weighted by Crippen LogP contribution is -2.56. The number of thiazole rings is 1. The molecule has 0 unspecified atom stereocenters. The Balaban J connectivity index is 1.27. The number of nitrogens with one attached hydrogen (secondary N) is 1. The van der Waals surface area contributed by atoms with E-state index in [2.05, 4.69) is 10.3 Å². The van der Waals surface area contributed by atoms with Crippen LogP contribution in [0, 0.1) is 0 Å². The molecule has 1 aliphatic rings. The van der Waals surface area contributed by atoms with Crippen molar-refractivity contribution in [1.29, 1.82) is 0 Å². The average Bonchev–Trinajstić information content (AvgIpc) is 3.54. The molecule has 3 heterocycles. The zero-order chi connectivity index (χ0) is 27.0. The van der Waals surface area contributed by atoms with Crippen LogP contribution in [-0.2, 0) is 14.8 Å². The Morgan fingerprint density at radius 3 is 2.39 bits per heavy atom. The maximum atomic E-state index is 12.9. The first-order chi connectivity index (χ1) is 18.1. The van der Waals surface area contributed by atoms with Gasteiger partial charge in [0.25, 0.3) is 5.91 Å². The fourth-order valence-corrected chi connectivity index (χ4v) is 5.45. The number of hydrogen-bond donors (Lipinski definition) is 2. The highest BCUT2D eigenvalue weighted by atomic mass is 32.2. The van der Waals surface area contributed by atoms with Crippen molar-refractivity contribution in [1.82, 2.24) is 13.9 Å². The smallest absolute Gasteiger partial charge is 0.256 e. The summed E-state index contributed by atoms with van der Waals surface area (Å²) in [6.07, 6.45) is 4.09. The second-order valence-electron chi connectivity index (χ2n) is 8.85. The number of carbonyl (C=O) groups excluding carboxylic acids is 3. The monoisotopic (exact) mass is 549 g/mol. The Hall–Kier alpha value is -4.29. The first kappa shape index (κ1) is 25.4. The van der Waals surface area contributed by atoms with Crippen LogP contribution in [0.2, 0.25) is 0 Å². The molecule has 0 aliphatic carbocycles. The summed E-state index contributed by atoms with van der Waals surface area (Å²) in [5, 5.41) is 5.01. The summed E-state index contributed by atoms with van der Waals surface area (Å²) >= 11 is 1.27. The number of benzene rings is 2. The van der Waals surface area contributed by atoms with Gasteiger partial charge in [-0.05, 0) is 41.8 Å². The van der Waals surface area contributed by atoms with Gasteiger partial charge in [-0.15, -0.1) is 11.3 Å².